The summed E-state index contributed by atoms with van der Waals surface area (Å²) in [5.41, 5.74) is 4.30. The number of nitrogens with zero attached hydrogens (tertiary/aromatic N) is 1. The van der Waals surface area contributed by atoms with Crippen LogP contribution in [-0.4, -0.2) is 11.2 Å². The SMILES string of the molecule is O=c1ccccn1NCCc1ccccc1. The summed E-state index contributed by atoms with van der Waals surface area (Å²) in [5, 5.41) is 0. The highest BCUT2D eigenvalue weighted by atomic mass is 16.1. The summed E-state index contributed by atoms with van der Waals surface area (Å²) in [7, 11) is 0. The summed E-state index contributed by atoms with van der Waals surface area (Å²) >= 11 is 0. The number of rotatable bonds is 4. The van der Waals surface area contributed by atoms with E-state index in [0.717, 1.165) is 13.0 Å². The lowest BCUT2D eigenvalue weighted by Gasteiger charge is -2.08. The second-order valence-corrected chi connectivity index (χ2v) is 3.55. The summed E-state index contributed by atoms with van der Waals surface area (Å²) in [6.45, 7) is 0.744. The van der Waals surface area contributed by atoms with E-state index in [9.17, 15) is 4.79 Å². The second kappa shape index (κ2) is 5.16. The molecule has 2 aromatic rings. The number of nitrogens with one attached hydrogen (secondary N) is 1. The van der Waals surface area contributed by atoms with E-state index in [1.807, 2.05) is 24.3 Å². The molecule has 0 spiro atoms. The molecular formula is C13H14N2O. The summed E-state index contributed by atoms with van der Waals surface area (Å²) in [6, 6.07) is 15.3. The van der Waals surface area contributed by atoms with Gasteiger partial charge in [-0.05, 0) is 18.1 Å². The minimum Gasteiger partial charge on any atom is -0.323 e. The van der Waals surface area contributed by atoms with Crippen molar-refractivity contribution < 1.29 is 0 Å². The van der Waals surface area contributed by atoms with Crippen molar-refractivity contribution in [3.8, 4) is 0 Å². The van der Waals surface area contributed by atoms with Gasteiger partial charge in [-0.2, -0.15) is 0 Å². The van der Waals surface area contributed by atoms with Gasteiger partial charge in [0.25, 0.3) is 5.56 Å². The van der Waals surface area contributed by atoms with E-state index in [1.54, 1.807) is 12.3 Å². The van der Waals surface area contributed by atoms with Crippen molar-refractivity contribution >= 4 is 0 Å². The van der Waals surface area contributed by atoms with Crippen molar-refractivity contribution in [1.82, 2.24) is 4.68 Å². The quantitative estimate of drug-likeness (QED) is 0.839. The topological polar surface area (TPSA) is 34.0 Å². The maximum Gasteiger partial charge on any atom is 0.268 e. The molecule has 2 rings (SSSR count). The monoisotopic (exact) mass is 214 g/mol. The van der Waals surface area contributed by atoms with Crippen LogP contribution in [-0.2, 0) is 6.42 Å². The molecule has 0 aliphatic heterocycles. The Morgan fingerprint density at radius 3 is 2.50 bits per heavy atom. The first-order valence-electron chi connectivity index (χ1n) is 5.32. The van der Waals surface area contributed by atoms with Crippen LogP contribution in [0.1, 0.15) is 5.56 Å². The minimum absolute atomic E-state index is 0.0319. The standard InChI is InChI=1S/C13H14N2O/c16-13-8-4-5-11-15(13)14-10-9-12-6-2-1-3-7-12/h1-8,11,14H,9-10H2. The molecule has 0 unspecified atom stereocenters. The molecule has 1 heterocycles. The molecule has 1 N–H and O–H groups in total. The fourth-order valence-electron chi connectivity index (χ4n) is 1.52. The zero-order chi connectivity index (χ0) is 11.2. The molecule has 0 bridgehead atoms. The average Bonchev–Trinajstić information content (AvgIpc) is 2.33. The Kier molecular flexibility index (Phi) is 3.38. The fraction of sp³-hybridized carbons (Fsp3) is 0.154. The summed E-state index contributed by atoms with van der Waals surface area (Å²) < 4.78 is 1.50. The van der Waals surface area contributed by atoms with Crippen LogP contribution < -0.4 is 11.0 Å². The number of hydrogen-bond donors (Lipinski definition) is 1. The third-order valence-corrected chi connectivity index (χ3v) is 2.36. The maximum atomic E-state index is 11.4. The molecule has 0 amide bonds. The Labute approximate surface area is 94.3 Å². The van der Waals surface area contributed by atoms with Crippen LogP contribution in [0.2, 0.25) is 0 Å². The minimum atomic E-state index is -0.0319. The first kappa shape index (κ1) is 10.5. The lowest BCUT2D eigenvalue weighted by atomic mass is 10.2. The van der Waals surface area contributed by atoms with E-state index >= 15 is 0 Å². The normalized spacial score (nSPS) is 10.0. The van der Waals surface area contributed by atoms with Crippen molar-refractivity contribution in [2.24, 2.45) is 0 Å². The number of benzene rings is 1. The van der Waals surface area contributed by atoms with E-state index in [1.165, 1.54) is 16.3 Å². The van der Waals surface area contributed by atoms with Crippen LogP contribution in [0.5, 0.6) is 0 Å². The molecule has 0 fully saturated rings. The number of hydrogen-bond acceptors (Lipinski definition) is 2. The van der Waals surface area contributed by atoms with Gasteiger partial charge in [0, 0.05) is 18.8 Å². The third-order valence-electron chi connectivity index (χ3n) is 2.36. The van der Waals surface area contributed by atoms with Crippen molar-refractivity contribution in [2.75, 3.05) is 12.0 Å². The fourth-order valence-corrected chi connectivity index (χ4v) is 1.52. The Hall–Kier alpha value is -2.03. The molecule has 0 aliphatic carbocycles. The Balaban J connectivity index is 1.90. The van der Waals surface area contributed by atoms with Crippen LogP contribution in [0, 0.1) is 0 Å². The molecule has 0 radical (unpaired) electrons. The van der Waals surface area contributed by atoms with E-state index in [4.69, 9.17) is 0 Å². The molecule has 16 heavy (non-hydrogen) atoms. The van der Waals surface area contributed by atoms with E-state index in [2.05, 4.69) is 17.6 Å². The average molecular weight is 214 g/mol. The van der Waals surface area contributed by atoms with Gasteiger partial charge in [-0.25, -0.2) is 4.68 Å². The smallest absolute Gasteiger partial charge is 0.268 e. The van der Waals surface area contributed by atoms with Crippen LogP contribution >= 0.6 is 0 Å². The molecule has 1 aromatic carbocycles. The van der Waals surface area contributed by atoms with Gasteiger partial charge in [0.1, 0.15) is 0 Å². The molecule has 0 atom stereocenters. The maximum absolute atomic E-state index is 11.4. The van der Waals surface area contributed by atoms with Crippen LogP contribution in [0.25, 0.3) is 0 Å². The number of aromatic nitrogens is 1. The molecule has 82 valence electrons. The zero-order valence-electron chi connectivity index (χ0n) is 8.97. The first-order valence-corrected chi connectivity index (χ1v) is 5.32. The predicted molar refractivity (Wildman–Crippen MR) is 65.1 cm³/mol. The predicted octanol–water partition coefficient (Wildman–Crippen LogP) is 1.63. The number of pyridine rings is 1. The van der Waals surface area contributed by atoms with Crippen molar-refractivity contribution in [2.45, 2.75) is 6.42 Å². The van der Waals surface area contributed by atoms with Crippen molar-refractivity contribution in [3.05, 3.63) is 70.6 Å². The van der Waals surface area contributed by atoms with Gasteiger partial charge in [-0.1, -0.05) is 36.4 Å². The Morgan fingerprint density at radius 1 is 1.00 bits per heavy atom. The van der Waals surface area contributed by atoms with Gasteiger partial charge >= 0.3 is 0 Å². The van der Waals surface area contributed by atoms with E-state index < -0.39 is 0 Å². The van der Waals surface area contributed by atoms with E-state index in [-0.39, 0.29) is 5.56 Å². The molecular weight excluding hydrogens is 200 g/mol. The van der Waals surface area contributed by atoms with Crippen LogP contribution in [0.4, 0.5) is 0 Å². The van der Waals surface area contributed by atoms with Gasteiger partial charge in [0.15, 0.2) is 0 Å². The summed E-state index contributed by atoms with van der Waals surface area (Å²) in [4.78, 5) is 11.4. The van der Waals surface area contributed by atoms with E-state index in [0.29, 0.717) is 0 Å². The highest BCUT2D eigenvalue weighted by Gasteiger charge is 1.93. The van der Waals surface area contributed by atoms with Crippen molar-refractivity contribution in [3.63, 3.8) is 0 Å². The first-order chi connectivity index (χ1) is 7.86. The zero-order valence-corrected chi connectivity index (χ0v) is 8.97. The third kappa shape index (κ3) is 2.73. The molecule has 0 saturated carbocycles. The Morgan fingerprint density at radius 2 is 1.75 bits per heavy atom. The van der Waals surface area contributed by atoms with Crippen LogP contribution in [0.3, 0.4) is 0 Å². The Bertz CT molecular complexity index is 491. The second-order valence-electron chi connectivity index (χ2n) is 3.55. The molecule has 0 aliphatic rings. The summed E-state index contributed by atoms with van der Waals surface area (Å²) in [6.07, 6.45) is 2.63. The van der Waals surface area contributed by atoms with Gasteiger partial charge in [-0.15, -0.1) is 0 Å². The molecule has 3 nitrogen and oxygen atoms in total. The van der Waals surface area contributed by atoms with Gasteiger partial charge < -0.3 is 5.43 Å². The van der Waals surface area contributed by atoms with Crippen molar-refractivity contribution in [1.29, 1.82) is 0 Å². The largest absolute Gasteiger partial charge is 0.323 e. The van der Waals surface area contributed by atoms with Gasteiger partial charge in [0.2, 0.25) is 0 Å². The molecule has 0 saturated heterocycles. The van der Waals surface area contributed by atoms with Gasteiger partial charge in [0.05, 0.1) is 0 Å². The lowest BCUT2D eigenvalue weighted by Crippen LogP contribution is -2.28. The van der Waals surface area contributed by atoms with Crippen LogP contribution in [0.15, 0.2) is 59.5 Å². The van der Waals surface area contributed by atoms with Gasteiger partial charge in [-0.3, -0.25) is 4.79 Å². The molecule has 3 heteroatoms. The molecule has 1 aromatic heterocycles. The lowest BCUT2D eigenvalue weighted by molar-refractivity contribution is 0.790. The highest BCUT2D eigenvalue weighted by molar-refractivity contribution is 5.15. The highest BCUT2D eigenvalue weighted by Crippen LogP contribution is 1.98. The summed E-state index contributed by atoms with van der Waals surface area (Å²) in [5.74, 6) is 0.